The Kier molecular flexibility index (Phi) is 6.71. The van der Waals surface area contributed by atoms with Crippen LogP contribution in [0.15, 0.2) is 24.3 Å². The standard InChI is InChI=1S/C27H37NO3/c1-16-9-20-5-6-21(13-23(20)11-18(16)3)24(29)14-28-15-25(30)26-8-7-22-10-17(2)19(4)12-27(22)31-26/h9-12,21,24-26,28-30H,5-8,13-15H2,1-4H3. The fraction of sp³-hybridized carbons (Fsp3) is 0.556. The van der Waals surface area contributed by atoms with E-state index in [2.05, 4.69) is 57.3 Å². The summed E-state index contributed by atoms with van der Waals surface area (Å²) in [6, 6.07) is 8.90. The van der Waals surface area contributed by atoms with Crippen LogP contribution in [0.3, 0.4) is 0 Å². The maximum absolute atomic E-state index is 10.8. The molecule has 168 valence electrons. The summed E-state index contributed by atoms with van der Waals surface area (Å²) in [5.74, 6) is 1.17. The molecule has 31 heavy (non-hydrogen) atoms. The molecule has 0 bridgehead atoms. The van der Waals surface area contributed by atoms with Crippen molar-refractivity contribution in [3.63, 3.8) is 0 Å². The van der Waals surface area contributed by atoms with Crippen molar-refractivity contribution in [2.45, 2.75) is 78.1 Å². The minimum Gasteiger partial charge on any atom is -0.487 e. The summed E-state index contributed by atoms with van der Waals surface area (Å²) in [4.78, 5) is 0. The fourth-order valence-corrected chi connectivity index (χ4v) is 5.03. The van der Waals surface area contributed by atoms with Crippen LogP contribution in [0.5, 0.6) is 5.75 Å². The Bertz CT molecular complexity index is 863. The SMILES string of the molecule is Cc1cc2c(cc1C)CC(C(O)CNCC(O)C1CCc3cc(C)c(C)cc3O1)CC2. The first kappa shape index (κ1) is 22.3. The quantitative estimate of drug-likeness (QED) is 0.663. The second-order valence-corrected chi connectivity index (χ2v) is 9.74. The van der Waals surface area contributed by atoms with Gasteiger partial charge in [-0.05, 0) is 111 Å². The van der Waals surface area contributed by atoms with E-state index in [1.165, 1.54) is 38.9 Å². The van der Waals surface area contributed by atoms with Crippen molar-refractivity contribution < 1.29 is 14.9 Å². The molecule has 2 aliphatic rings. The zero-order chi connectivity index (χ0) is 22.1. The summed E-state index contributed by atoms with van der Waals surface area (Å²) in [6.45, 7) is 9.48. The van der Waals surface area contributed by atoms with Gasteiger partial charge in [-0.15, -0.1) is 0 Å². The Hall–Kier alpha value is -1.88. The summed E-state index contributed by atoms with van der Waals surface area (Å²) in [5, 5.41) is 24.7. The van der Waals surface area contributed by atoms with Crippen LogP contribution in [0.1, 0.15) is 51.8 Å². The third kappa shape index (κ3) is 4.97. The molecule has 0 fully saturated rings. The van der Waals surface area contributed by atoms with Gasteiger partial charge in [0, 0.05) is 13.1 Å². The van der Waals surface area contributed by atoms with Crippen LogP contribution in [0.25, 0.3) is 0 Å². The molecule has 4 heteroatoms. The van der Waals surface area contributed by atoms with Crippen molar-refractivity contribution in [1.29, 1.82) is 0 Å². The topological polar surface area (TPSA) is 61.7 Å². The molecular formula is C27H37NO3. The van der Waals surface area contributed by atoms with Gasteiger partial charge < -0.3 is 20.3 Å². The highest BCUT2D eigenvalue weighted by atomic mass is 16.5. The first-order chi connectivity index (χ1) is 14.8. The first-order valence-corrected chi connectivity index (χ1v) is 11.7. The van der Waals surface area contributed by atoms with Gasteiger partial charge in [-0.2, -0.15) is 0 Å². The second kappa shape index (κ2) is 9.32. The van der Waals surface area contributed by atoms with Crippen molar-refractivity contribution in [2.24, 2.45) is 5.92 Å². The lowest BCUT2D eigenvalue weighted by atomic mass is 9.79. The number of aryl methyl sites for hydroxylation is 6. The van der Waals surface area contributed by atoms with E-state index < -0.39 is 12.2 Å². The number of hydrogen-bond donors (Lipinski definition) is 3. The lowest BCUT2D eigenvalue weighted by Gasteiger charge is -2.32. The van der Waals surface area contributed by atoms with Crippen LogP contribution in [-0.2, 0) is 19.3 Å². The highest BCUT2D eigenvalue weighted by Crippen LogP contribution is 2.32. The zero-order valence-electron chi connectivity index (χ0n) is 19.4. The maximum atomic E-state index is 10.8. The molecule has 1 aliphatic carbocycles. The van der Waals surface area contributed by atoms with E-state index in [0.717, 1.165) is 37.9 Å². The molecule has 2 aromatic rings. The van der Waals surface area contributed by atoms with Gasteiger partial charge in [-0.1, -0.05) is 18.2 Å². The zero-order valence-corrected chi connectivity index (χ0v) is 19.4. The molecule has 2 aromatic carbocycles. The van der Waals surface area contributed by atoms with Gasteiger partial charge in [0.05, 0.1) is 6.10 Å². The van der Waals surface area contributed by atoms with Crippen molar-refractivity contribution in [3.8, 4) is 5.75 Å². The Morgan fingerprint density at radius 3 is 2.13 bits per heavy atom. The van der Waals surface area contributed by atoms with Gasteiger partial charge in [-0.25, -0.2) is 0 Å². The van der Waals surface area contributed by atoms with Gasteiger partial charge in [0.1, 0.15) is 18.0 Å². The summed E-state index contributed by atoms with van der Waals surface area (Å²) in [5.41, 5.74) is 9.24. The number of hydrogen-bond acceptors (Lipinski definition) is 4. The average molecular weight is 424 g/mol. The van der Waals surface area contributed by atoms with Crippen molar-refractivity contribution in [2.75, 3.05) is 13.1 Å². The number of benzene rings is 2. The van der Waals surface area contributed by atoms with Crippen LogP contribution in [0, 0.1) is 33.6 Å². The maximum Gasteiger partial charge on any atom is 0.126 e. The molecule has 0 spiro atoms. The van der Waals surface area contributed by atoms with E-state index in [1.54, 1.807) is 0 Å². The molecule has 1 aliphatic heterocycles. The molecule has 0 amide bonds. The van der Waals surface area contributed by atoms with Crippen molar-refractivity contribution in [3.05, 3.63) is 63.2 Å². The van der Waals surface area contributed by atoms with Crippen LogP contribution in [0.2, 0.25) is 0 Å². The third-order valence-corrected chi connectivity index (χ3v) is 7.42. The number of fused-ring (bicyclic) bond motifs is 2. The lowest BCUT2D eigenvalue weighted by Crippen LogP contribution is -2.44. The summed E-state index contributed by atoms with van der Waals surface area (Å²) >= 11 is 0. The van der Waals surface area contributed by atoms with Gasteiger partial charge in [0.25, 0.3) is 0 Å². The number of aliphatic hydroxyl groups excluding tert-OH is 2. The number of rotatable bonds is 6. The van der Waals surface area contributed by atoms with E-state index in [0.29, 0.717) is 13.1 Å². The van der Waals surface area contributed by atoms with Gasteiger partial charge in [0.15, 0.2) is 0 Å². The number of nitrogens with one attached hydrogen (secondary N) is 1. The number of aliphatic hydroxyl groups is 2. The van der Waals surface area contributed by atoms with E-state index in [9.17, 15) is 10.2 Å². The van der Waals surface area contributed by atoms with Crippen LogP contribution in [-0.4, -0.2) is 41.6 Å². The highest BCUT2D eigenvalue weighted by Gasteiger charge is 2.28. The minimum absolute atomic E-state index is 0.202. The van der Waals surface area contributed by atoms with E-state index in [-0.39, 0.29) is 12.0 Å². The monoisotopic (exact) mass is 423 g/mol. The van der Waals surface area contributed by atoms with Gasteiger partial charge in [0.2, 0.25) is 0 Å². The predicted octanol–water partition coefficient (Wildman–Crippen LogP) is 3.73. The molecule has 4 rings (SSSR count). The largest absolute Gasteiger partial charge is 0.487 e. The summed E-state index contributed by atoms with van der Waals surface area (Å²) in [7, 11) is 0. The van der Waals surface area contributed by atoms with Crippen molar-refractivity contribution in [1.82, 2.24) is 5.32 Å². The van der Waals surface area contributed by atoms with Gasteiger partial charge >= 0.3 is 0 Å². The van der Waals surface area contributed by atoms with Crippen molar-refractivity contribution >= 4 is 0 Å². The van der Waals surface area contributed by atoms with Gasteiger partial charge in [-0.3, -0.25) is 0 Å². The highest BCUT2D eigenvalue weighted by molar-refractivity contribution is 5.43. The summed E-state index contributed by atoms with van der Waals surface area (Å²) < 4.78 is 6.11. The Labute approximate surface area is 186 Å². The Morgan fingerprint density at radius 2 is 1.39 bits per heavy atom. The predicted molar refractivity (Wildman–Crippen MR) is 125 cm³/mol. The molecule has 0 saturated heterocycles. The molecular weight excluding hydrogens is 386 g/mol. The lowest BCUT2D eigenvalue weighted by molar-refractivity contribution is 0.0206. The van der Waals surface area contributed by atoms with E-state index in [1.807, 2.05) is 0 Å². The van der Waals surface area contributed by atoms with Crippen LogP contribution in [0.4, 0.5) is 0 Å². The molecule has 4 nitrogen and oxygen atoms in total. The molecule has 0 saturated carbocycles. The average Bonchev–Trinajstić information content (AvgIpc) is 2.74. The van der Waals surface area contributed by atoms with E-state index >= 15 is 0 Å². The molecule has 4 atom stereocenters. The minimum atomic E-state index is -0.584. The van der Waals surface area contributed by atoms with Crippen LogP contribution < -0.4 is 10.1 Å². The second-order valence-electron chi connectivity index (χ2n) is 9.74. The number of ether oxygens (including phenoxy) is 1. The third-order valence-electron chi connectivity index (χ3n) is 7.42. The van der Waals surface area contributed by atoms with Crippen LogP contribution >= 0.6 is 0 Å². The molecule has 0 aromatic heterocycles. The molecule has 0 radical (unpaired) electrons. The first-order valence-electron chi connectivity index (χ1n) is 11.7. The summed E-state index contributed by atoms with van der Waals surface area (Å²) in [6.07, 6.45) is 3.55. The fourth-order valence-electron chi connectivity index (χ4n) is 5.03. The molecule has 4 unspecified atom stereocenters. The molecule has 1 heterocycles. The smallest absolute Gasteiger partial charge is 0.126 e. The Balaban J connectivity index is 1.26. The van der Waals surface area contributed by atoms with E-state index in [4.69, 9.17) is 4.74 Å². The Morgan fingerprint density at radius 1 is 0.806 bits per heavy atom. The molecule has 3 N–H and O–H groups in total. The normalized spacial score (nSPS) is 22.3.